The van der Waals surface area contributed by atoms with Crippen LogP contribution in [0.1, 0.15) is 20.8 Å². The molecule has 0 saturated heterocycles. The monoisotopic (exact) mass is 487 g/mol. The number of benzene rings is 2. The zero-order chi connectivity index (χ0) is 24.3. The molecule has 0 fully saturated rings. The number of carbonyl (C=O) groups excluding carboxylic acids is 1. The number of rotatable bonds is 9. The molecule has 9 nitrogen and oxygen atoms in total. The van der Waals surface area contributed by atoms with Crippen LogP contribution in [0.2, 0.25) is 0 Å². The predicted octanol–water partition coefficient (Wildman–Crippen LogP) is 2.31. The Kier molecular flexibility index (Phi) is 7.86. The maximum atomic E-state index is 13.3. The normalized spacial score (nSPS) is 13.0. The van der Waals surface area contributed by atoms with Crippen molar-refractivity contribution < 1.29 is 30.8 Å². The summed E-state index contributed by atoms with van der Waals surface area (Å²) in [4.78, 5) is 12.8. The largest absolute Gasteiger partial charge is 0.495 e. The standard InChI is InChI=1S/C20H26FN3O6S2/c1-13(2)23-32(28,29)17-10-11-19(30-4)18(12-17)22-20(25)14(3)24(31(5,26)27)16-8-6-15(21)7-9-16/h6-14,23H,1-5H3,(H,22,25). The zero-order valence-corrected chi connectivity index (χ0v) is 19.9. The molecule has 0 heterocycles. The smallest absolute Gasteiger partial charge is 0.248 e. The van der Waals surface area contributed by atoms with Gasteiger partial charge in [0.2, 0.25) is 26.0 Å². The molecule has 1 atom stereocenters. The van der Waals surface area contributed by atoms with E-state index in [1.165, 1.54) is 44.4 Å². The minimum absolute atomic E-state index is 0.0449. The number of ether oxygens (including phenoxy) is 1. The summed E-state index contributed by atoms with van der Waals surface area (Å²) in [5.74, 6) is -1.12. The van der Waals surface area contributed by atoms with Crippen molar-refractivity contribution in [2.75, 3.05) is 23.0 Å². The molecule has 1 unspecified atom stereocenters. The van der Waals surface area contributed by atoms with Crippen molar-refractivity contribution in [3.05, 3.63) is 48.3 Å². The van der Waals surface area contributed by atoms with E-state index in [-0.39, 0.29) is 28.1 Å². The first-order valence-electron chi connectivity index (χ1n) is 9.52. The van der Waals surface area contributed by atoms with E-state index in [2.05, 4.69) is 10.0 Å². The number of nitrogens with zero attached hydrogens (tertiary/aromatic N) is 1. The molecule has 1 amide bonds. The average molecular weight is 488 g/mol. The van der Waals surface area contributed by atoms with E-state index in [1.54, 1.807) is 13.8 Å². The Morgan fingerprint density at radius 1 is 1.03 bits per heavy atom. The first-order chi connectivity index (χ1) is 14.8. The second kappa shape index (κ2) is 9.84. The van der Waals surface area contributed by atoms with Gasteiger partial charge in [0.15, 0.2) is 0 Å². The summed E-state index contributed by atoms with van der Waals surface area (Å²) >= 11 is 0. The summed E-state index contributed by atoms with van der Waals surface area (Å²) in [5.41, 5.74) is 0.143. The van der Waals surface area contributed by atoms with E-state index in [4.69, 9.17) is 4.74 Å². The van der Waals surface area contributed by atoms with E-state index < -0.39 is 37.8 Å². The number of sulfonamides is 2. The predicted molar refractivity (Wildman–Crippen MR) is 120 cm³/mol. The van der Waals surface area contributed by atoms with Crippen molar-refractivity contribution in [3.63, 3.8) is 0 Å². The summed E-state index contributed by atoms with van der Waals surface area (Å²) < 4.78 is 71.5. The quantitative estimate of drug-likeness (QED) is 0.560. The van der Waals surface area contributed by atoms with Gasteiger partial charge in [0.05, 0.1) is 29.6 Å². The molecule has 12 heteroatoms. The lowest BCUT2D eigenvalue weighted by Crippen LogP contribution is -2.45. The van der Waals surface area contributed by atoms with Crippen molar-refractivity contribution in [1.82, 2.24) is 4.72 Å². The Labute approximate surface area is 187 Å². The van der Waals surface area contributed by atoms with Crippen LogP contribution in [-0.2, 0) is 24.8 Å². The van der Waals surface area contributed by atoms with Crippen LogP contribution < -0.4 is 19.1 Å². The molecule has 0 aliphatic heterocycles. The average Bonchev–Trinajstić information content (AvgIpc) is 2.67. The maximum absolute atomic E-state index is 13.3. The second-order valence-corrected chi connectivity index (χ2v) is 10.9. The molecule has 2 aromatic carbocycles. The number of hydrogen-bond acceptors (Lipinski definition) is 6. The van der Waals surface area contributed by atoms with Crippen molar-refractivity contribution in [1.29, 1.82) is 0 Å². The Hall–Kier alpha value is -2.70. The van der Waals surface area contributed by atoms with E-state index in [0.717, 1.165) is 22.7 Å². The molecule has 0 radical (unpaired) electrons. The SMILES string of the molecule is COc1ccc(S(=O)(=O)NC(C)C)cc1NC(=O)C(C)N(c1ccc(F)cc1)S(C)(=O)=O. The highest BCUT2D eigenvalue weighted by atomic mass is 32.2. The number of hydrogen-bond donors (Lipinski definition) is 2. The highest BCUT2D eigenvalue weighted by molar-refractivity contribution is 7.92. The van der Waals surface area contributed by atoms with Crippen LogP contribution >= 0.6 is 0 Å². The van der Waals surface area contributed by atoms with Gasteiger partial charge in [-0.3, -0.25) is 9.10 Å². The third-order valence-corrected chi connectivity index (χ3v) is 7.20. The first-order valence-corrected chi connectivity index (χ1v) is 12.9. The Balaban J connectivity index is 2.41. The molecule has 32 heavy (non-hydrogen) atoms. The van der Waals surface area contributed by atoms with Crippen molar-refractivity contribution >= 4 is 37.3 Å². The van der Waals surface area contributed by atoms with Gasteiger partial charge in [-0.05, 0) is 63.2 Å². The third-order valence-electron chi connectivity index (χ3n) is 4.30. The fourth-order valence-electron chi connectivity index (χ4n) is 2.96. The number of halogens is 1. The van der Waals surface area contributed by atoms with E-state index in [1.807, 2.05) is 0 Å². The molecule has 0 aliphatic rings. The number of nitrogens with one attached hydrogen (secondary N) is 2. The Bertz CT molecular complexity index is 1180. The van der Waals surface area contributed by atoms with Crippen molar-refractivity contribution in [2.24, 2.45) is 0 Å². The van der Waals surface area contributed by atoms with Gasteiger partial charge in [0.25, 0.3) is 0 Å². The van der Waals surface area contributed by atoms with Crippen LogP contribution in [0, 0.1) is 5.82 Å². The van der Waals surface area contributed by atoms with Crippen LogP contribution in [0.15, 0.2) is 47.4 Å². The number of methoxy groups -OCH3 is 1. The van der Waals surface area contributed by atoms with Gasteiger partial charge in [0.1, 0.15) is 17.6 Å². The summed E-state index contributed by atoms with van der Waals surface area (Å²) in [5, 5.41) is 2.52. The maximum Gasteiger partial charge on any atom is 0.248 e. The van der Waals surface area contributed by atoms with E-state index >= 15 is 0 Å². The van der Waals surface area contributed by atoms with Gasteiger partial charge < -0.3 is 10.1 Å². The third kappa shape index (κ3) is 6.17. The first kappa shape index (κ1) is 25.6. The number of amides is 1. The molecule has 0 aliphatic carbocycles. The van der Waals surface area contributed by atoms with Crippen LogP contribution in [0.4, 0.5) is 15.8 Å². The van der Waals surface area contributed by atoms with Crippen LogP contribution in [-0.4, -0.2) is 48.2 Å². The molecular weight excluding hydrogens is 461 g/mol. The summed E-state index contributed by atoms with van der Waals surface area (Å²) in [6.07, 6.45) is 0.922. The number of anilines is 2. The summed E-state index contributed by atoms with van der Waals surface area (Å²) in [6.45, 7) is 4.69. The minimum atomic E-state index is -3.92. The highest BCUT2D eigenvalue weighted by Gasteiger charge is 2.30. The molecule has 2 rings (SSSR count). The lowest BCUT2D eigenvalue weighted by molar-refractivity contribution is -0.116. The van der Waals surface area contributed by atoms with Gasteiger partial charge in [-0.15, -0.1) is 0 Å². The summed E-state index contributed by atoms with van der Waals surface area (Å²) in [6, 6.07) is 6.98. The van der Waals surface area contributed by atoms with Crippen LogP contribution in [0.5, 0.6) is 5.75 Å². The zero-order valence-electron chi connectivity index (χ0n) is 18.3. The summed E-state index contributed by atoms with van der Waals surface area (Å²) in [7, 11) is -6.42. The van der Waals surface area contributed by atoms with Gasteiger partial charge in [-0.25, -0.2) is 25.9 Å². The topological polar surface area (TPSA) is 122 Å². The second-order valence-electron chi connectivity index (χ2n) is 7.34. The molecule has 2 aromatic rings. The van der Waals surface area contributed by atoms with E-state index in [9.17, 15) is 26.0 Å². The molecule has 0 spiro atoms. The van der Waals surface area contributed by atoms with Gasteiger partial charge >= 0.3 is 0 Å². The lowest BCUT2D eigenvalue weighted by Gasteiger charge is -2.28. The Morgan fingerprint density at radius 3 is 2.12 bits per heavy atom. The lowest BCUT2D eigenvalue weighted by atomic mass is 10.2. The van der Waals surface area contributed by atoms with Gasteiger partial charge in [-0.1, -0.05) is 0 Å². The molecule has 0 saturated carbocycles. The molecule has 176 valence electrons. The molecule has 0 aromatic heterocycles. The molecule has 0 bridgehead atoms. The van der Waals surface area contributed by atoms with Crippen LogP contribution in [0.3, 0.4) is 0 Å². The minimum Gasteiger partial charge on any atom is -0.495 e. The van der Waals surface area contributed by atoms with Crippen molar-refractivity contribution in [2.45, 2.75) is 37.8 Å². The van der Waals surface area contributed by atoms with Crippen LogP contribution in [0.25, 0.3) is 0 Å². The van der Waals surface area contributed by atoms with Crippen molar-refractivity contribution in [3.8, 4) is 5.75 Å². The molecular formula is C20H26FN3O6S2. The number of carbonyl (C=O) groups is 1. The van der Waals surface area contributed by atoms with Gasteiger partial charge in [0, 0.05) is 6.04 Å². The highest BCUT2D eigenvalue weighted by Crippen LogP contribution is 2.29. The fourth-order valence-corrected chi connectivity index (χ4v) is 5.42. The molecule has 2 N–H and O–H groups in total. The fraction of sp³-hybridized carbons (Fsp3) is 0.350. The van der Waals surface area contributed by atoms with E-state index in [0.29, 0.717) is 0 Å². The van der Waals surface area contributed by atoms with Gasteiger partial charge in [-0.2, -0.15) is 0 Å². The Morgan fingerprint density at radius 2 is 1.62 bits per heavy atom.